The van der Waals surface area contributed by atoms with Crippen LogP contribution in [0.4, 0.5) is 0 Å². The quantitative estimate of drug-likeness (QED) is 0.242. The van der Waals surface area contributed by atoms with Crippen LogP contribution in [0.15, 0.2) is 48.5 Å². The van der Waals surface area contributed by atoms with E-state index in [2.05, 4.69) is 0 Å². The molecule has 0 unspecified atom stereocenters. The van der Waals surface area contributed by atoms with E-state index >= 15 is 0 Å². The number of esters is 2. The van der Waals surface area contributed by atoms with E-state index in [1.807, 2.05) is 118 Å². The molecule has 2 rings (SSSR count). The standard InChI is InChI=1S/C17H25ClO3.C14H19ClO2.2H3N/c1-16(2,3)20-13-9-7-12(8-10-13)11-14(18)15(19)21-17(4,5)6;1-10-5-7-11(8-6-10)9-12(15)13(16)17-14(2,3)4;;/h7-10,14H,11H2,1-6H3;5-8,12H,9H2,1-4H3;2*1H3/t14-;12-;;/m01../s1. The molecule has 0 radical (unpaired) electrons. The Morgan fingerprint density at radius 2 is 0.950 bits per heavy atom. The zero-order valence-electron chi connectivity index (χ0n) is 25.9. The third kappa shape index (κ3) is 18.1. The van der Waals surface area contributed by atoms with Crippen LogP contribution in [0, 0.1) is 6.92 Å². The van der Waals surface area contributed by atoms with Gasteiger partial charge >= 0.3 is 11.9 Å². The molecule has 0 bridgehead atoms. The molecule has 0 aliphatic carbocycles. The van der Waals surface area contributed by atoms with Gasteiger partial charge < -0.3 is 26.5 Å². The summed E-state index contributed by atoms with van der Waals surface area (Å²) in [5.74, 6) is 0.0496. The van der Waals surface area contributed by atoms with Gasteiger partial charge in [-0.25, -0.2) is 0 Å². The summed E-state index contributed by atoms with van der Waals surface area (Å²) in [4.78, 5) is 23.5. The van der Waals surface area contributed by atoms with Crippen molar-refractivity contribution in [3.63, 3.8) is 0 Å². The minimum atomic E-state index is -0.682. The van der Waals surface area contributed by atoms with Crippen LogP contribution in [0.25, 0.3) is 0 Å². The second-order valence-corrected chi connectivity index (χ2v) is 13.3. The summed E-state index contributed by atoms with van der Waals surface area (Å²) in [6, 6.07) is 15.6. The minimum absolute atomic E-state index is 0. The van der Waals surface area contributed by atoms with Crippen molar-refractivity contribution in [2.75, 3.05) is 0 Å². The zero-order chi connectivity index (χ0) is 29.3. The van der Waals surface area contributed by atoms with Crippen LogP contribution in [0.5, 0.6) is 5.75 Å². The molecule has 40 heavy (non-hydrogen) atoms. The molecule has 0 aromatic heterocycles. The lowest BCUT2D eigenvalue weighted by atomic mass is 10.1. The van der Waals surface area contributed by atoms with Gasteiger partial charge in [0.05, 0.1) is 0 Å². The maximum Gasteiger partial charge on any atom is 0.324 e. The Morgan fingerprint density at radius 3 is 1.25 bits per heavy atom. The molecule has 0 aliphatic rings. The molecule has 2 atom stereocenters. The molecule has 2 aromatic carbocycles. The van der Waals surface area contributed by atoms with Crippen molar-refractivity contribution in [2.24, 2.45) is 0 Å². The highest BCUT2D eigenvalue weighted by Gasteiger charge is 2.24. The lowest BCUT2D eigenvalue weighted by Crippen LogP contribution is -2.30. The molecule has 0 spiro atoms. The van der Waals surface area contributed by atoms with Crippen LogP contribution in [-0.4, -0.2) is 39.5 Å². The Morgan fingerprint density at radius 1 is 0.625 bits per heavy atom. The highest BCUT2D eigenvalue weighted by molar-refractivity contribution is 6.30. The van der Waals surface area contributed by atoms with Gasteiger partial charge in [-0.1, -0.05) is 42.0 Å². The number of aryl methyl sites for hydroxylation is 1. The van der Waals surface area contributed by atoms with Gasteiger partial charge in [0.25, 0.3) is 0 Å². The molecule has 0 fully saturated rings. The van der Waals surface area contributed by atoms with Gasteiger partial charge in [-0.15, -0.1) is 23.2 Å². The summed E-state index contributed by atoms with van der Waals surface area (Å²) in [7, 11) is 0. The monoisotopic (exact) mass is 600 g/mol. The van der Waals surface area contributed by atoms with Crippen LogP contribution in [0.1, 0.15) is 79.0 Å². The largest absolute Gasteiger partial charge is 0.488 e. The maximum absolute atomic E-state index is 11.8. The Labute approximate surface area is 251 Å². The van der Waals surface area contributed by atoms with E-state index in [0.29, 0.717) is 12.8 Å². The Balaban J connectivity index is 0. The number of rotatable bonds is 7. The average molecular weight is 602 g/mol. The van der Waals surface area contributed by atoms with Crippen LogP contribution in [0.3, 0.4) is 0 Å². The lowest BCUT2D eigenvalue weighted by molar-refractivity contribution is -0.155. The predicted octanol–water partition coefficient (Wildman–Crippen LogP) is 8.17. The van der Waals surface area contributed by atoms with Crippen LogP contribution in [0.2, 0.25) is 0 Å². The molecule has 0 heterocycles. The first kappa shape index (κ1) is 39.8. The fourth-order valence-corrected chi connectivity index (χ4v) is 3.53. The SMILES string of the molecule is CC(C)(C)OC(=O)[C@@H](Cl)Cc1ccc(OC(C)(C)C)cc1.Cc1ccc(C[C@@H](Cl)C(=O)OC(C)(C)C)cc1.N.N. The van der Waals surface area contributed by atoms with Gasteiger partial charge in [0.1, 0.15) is 33.3 Å². The van der Waals surface area contributed by atoms with Gasteiger partial charge in [-0.2, -0.15) is 0 Å². The van der Waals surface area contributed by atoms with Crippen molar-refractivity contribution < 1.29 is 23.8 Å². The molecule has 0 aliphatic heterocycles. The van der Waals surface area contributed by atoms with E-state index < -0.39 is 22.0 Å². The molecule has 6 N–H and O–H groups in total. The molecular formula is C31H50Cl2N2O5. The molecule has 228 valence electrons. The molecule has 7 nitrogen and oxygen atoms in total. The van der Waals surface area contributed by atoms with Gasteiger partial charge in [-0.3, -0.25) is 9.59 Å². The Hall–Kier alpha value is -2.32. The van der Waals surface area contributed by atoms with Crippen molar-refractivity contribution in [3.8, 4) is 5.75 Å². The van der Waals surface area contributed by atoms with Gasteiger partial charge in [0, 0.05) is 0 Å². The fraction of sp³-hybridized carbons (Fsp3) is 0.548. The van der Waals surface area contributed by atoms with Gasteiger partial charge in [0.2, 0.25) is 0 Å². The van der Waals surface area contributed by atoms with Crippen LogP contribution >= 0.6 is 23.2 Å². The number of hydrogen-bond donors (Lipinski definition) is 2. The first-order valence-corrected chi connectivity index (χ1v) is 13.7. The van der Waals surface area contributed by atoms with E-state index in [9.17, 15) is 9.59 Å². The van der Waals surface area contributed by atoms with E-state index in [0.717, 1.165) is 16.9 Å². The van der Waals surface area contributed by atoms with Crippen molar-refractivity contribution in [1.29, 1.82) is 0 Å². The van der Waals surface area contributed by atoms with Crippen LogP contribution < -0.4 is 17.0 Å². The third-order valence-electron chi connectivity index (χ3n) is 4.62. The minimum Gasteiger partial charge on any atom is -0.488 e. The summed E-state index contributed by atoms with van der Waals surface area (Å²) >= 11 is 12.1. The number of halogens is 2. The van der Waals surface area contributed by atoms with E-state index in [-0.39, 0.29) is 29.8 Å². The Kier molecular flexibility index (Phi) is 16.8. The second kappa shape index (κ2) is 16.8. The number of hydrogen-bond acceptors (Lipinski definition) is 7. The summed E-state index contributed by atoms with van der Waals surface area (Å²) in [5.41, 5.74) is 1.97. The van der Waals surface area contributed by atoms with Crippen molar-refractivity contribution in [2.45, 2.75) is 110 Å². The normalized spacial score (nSPS) is 12.8. The highest BCUT2D eigenvalue weighted by atomic mass is 35.5. The van der Waals surface area contributed by atoms with E-state index in [1.165, 1.54) is 5.56 Å². The topological polar surface area (TPSA) is 132 Å². The predicted molar refractivity (Wildman–Crippen MR) is 166 cm³/mol. The first-order valence-electron chi connectivity index (χ1n) is 12.8. The molecule has 9 heteroatoms. The van der Waals surface area contributed by atoms with Gasteiger partial charge in [0.15, 0.2) is 0 Å². The van der Waals surface area contributed by atoms with Crippen molar-refractivity contribution in [1.82, 2.24) is 12.3 Å². The molecule has 0 saturated carbocycles. The van der Waals surface area contributed by atoms with Crippen molar-refractivity contribution in [3.05, 3.63) is 65.2 Å². The van der Waals surface area contributed by atoms with Crippen LogP contribution in [-0.2, 0) is 31.9 Å². The number of carbonyl (C=O) groups is 2. The molecule has 0 amide bonds. The van der Waals surface area contributed by atoms with E-state index in [4.69, 9.17) is 37.4 Å². The summed E-state index contributed by atoms with van der Waals surface area (Å²) in [6.07, 6.45) is 0.934. The molecule has 2 aromatic rings. The summed E-state index contributed by atoms with van der Waals surface area (Å²) in [6.45, 7) is 19.0. The molecule has 0 saturated heterocycles. The maximum atomic E-state index is 11.8. The summed E-state index contributed by atoms with van der Waals surface area (Å²) < 4.78 is 16.2. The fourth-order valence-electron chi connectivity index (χ4n) is 3.08. The van der Waals surface area contributed by atoms with Crippen molar-refractivity contribution >= 4 is 35.1 Å². The highest BCUT2D eigenvalue weighted by Crippen LogP contribution is 2.21. The van der Waals surface area contributed by atoms with Gasteiger partial charge in [-0.05, 0) is 105 Å². The number of ether oxygens (including phenoxy) is 3. The van der Waals surface area contributed by atoms with E-state index in [1.54, 1.807) is 0 Å². The third-order valence-corrected chi connectivity index (χ3v) is 5.29. The molecular weight excluding hydrogens is 551 g/mol. The Bertz CT molecular complexity index is 1020. The number of benzene rings is 2. The zero-order valence-corrected chi connectivity index (χ0v) is 27.4. The second-order valence-electron chi connectivity index (χ2n) is 12.3. The lowest BCUT2D eigenvalue weighted by Gasteiger charge is -2.22. The summed E-state index contributed by atoms with van der Waals surface area (Å²) in [5, 5.41) is -1.31. The number of alkyl halides is 2. The number of carbonyl (C=O) groups excluding carboxylic acids is 2. The average Bonchev–Trinajstić information content (AvgIpc) is 2.73. The smallest absolute Gasteiger partial charge is 0.324 e. The first-order chi connectivity index (χ1) is 17.2.